The Morgan fingerprint density at radius 1 is 1.50 bits per heavy atom. The molecule has 3 heteroatoms. The number of rotatable bonds is 2. The largest absolute Gasteiger partial charge is 0.378 e. The summed E-state index contributed by atoms with van der Waals surface area (Å²) in [5, 5.41) is 3.23. The number of methoxy groups -OCH3 is 1. The van der Waals surface area contributed by atoms with Crippen molar-refractivity contribution in [3.63, 3.8) is 0 Å². The lowest BCUT2D eigenvalue weighted by atomic mass is 10.2. The fourth-order valence-electron chi connectivity index (χ4n) is 1.48. The van der Waals surface area contributed by atoms with Gasteiger partial charge in [-0.1, -0.05) is 0 Å². The molecule has 2 atom stereocenters. The average molecular weight is 144 g/mol. The monoisotopic (exact) mass is 144 g/mol. The van der Waals surface area contributed by atoms with E-state index in [-0.39, 0.29) is 0 Å². The quantitative estimate of drug-likeness (QED) is 0.567. The summed E-state index contributed by atoms with van der Waals surface area (Å²) in [6, 6.07) is 0.509. The number of hydrogen-bond acceptors (Lipinski definition) is 3. The van der Waals surface area contributed by atoms with Crippen LogP contribution in [0.1, 0.15) is 0 Å². The van der Waals surface area contributed by atoms with E-state index in [9.17, 15) is 0 Å². The van der Waals surface area contributed by atoms with E-state index < -0.39 is 0 Å². The molecule has 0 bridgehead atoms. The predicted octanol–water partition coefficient (Wildman–Crippen LogP) is -0.465. The van der Waals surface area contributed by atoms with Gasteiger partial charge in [-0.2, -0.15) is 0 Å². The molecule has 10 heavy (non-hydrogen) atoms. The van der Waals surface area contributed by atoms with Crippen molar-refractivity contribution < 1.29 is 4.74 Å². The number of likely N-dealkylation sites (tertiary alicyclic amines) is 1. The summed E-state index contributed by atoms with van der Waals surface area (Å²) in [5.74, 6) is 0. The number of nitrogens with one attached hydrogen (secondary N) is 1. The summed E-state index contributed by atoms with van der Waals surface area (Å²) in [6.45, 7) is 2.14. The van der Waals surface area contributed by atoms with Crippen LogP contribution in [0.4, 0.5) is 0 Å². The van der Waals surface area contributed by atoms with Gasteiger partial charge in [-0.3, -0.25) is 0 Å². The smallest absolute Gasteiger partial charge is 0.0863 e. The van der Waals surface area contributed by atoms with Crippen molar-refractivity contribution in [2.45, 2.75) is 12.1 Å². The molecule has 0 radical (unpaired) electrons. The van der Waals surface area contributed by atoms with Crippen LogP contribution in [0.3, 0.4) is 0 Å². The van der Waals surface area contributed by atoms with Crippen LogP contribution < -0.4 is 5.32 Å². The lowest BCUT2D eigenvalue weighted by Crippen LogP contribution is -2.37. The second-order valence-corrected chi connectivity index (χ2v) is 2.89. The van der Waals surface area contributed by atoms with Gasteiger partial charge >= 0.3 is 0 Å². The summed E-state index contributed by atoms with van der Waals surface area (Å²) in [6.07, 6.45) is 0.370. The van der Waals surface area contributed by atoms with Crippen LogP contribution in [-0.4, -0.2) is 51.3 Å². The third kappa shape index (κ3) is 1.48. The van der Waals surface area contributed by atoms with Gasteiger partial charge in [-0.15, -0.1) is 0 Å². The van der Waals surface area contributed by atoms with E-state index in [4.69, 9.17) is 4.74 Å². The lowest BCUT2D eigenvalue weighted by Gasteiger charge is -2.14. The van der Waals surface area contributed by atoms with Crippen molar-refractivity contribution >= 4 is 0 Å². The Bertz CT molecular complexity index is 95.8. The Morgan fingerprint density at radius 2 is 2.20 bits per heavy atom. The highest BCUT2D eigenvalue weighted by atomic mass is 16.5. The molecule has 0 aromatic rings. The molecule has 1 saturated heterocycles. The normalized spacial score (nSPS) is 35.1. The highest BCUT2D eigenvalue weighted by molar-refractivity contribution is 4.87. The molecule has 0 aromatic heterocycles. The molecule has 60 valence electrons. The van der Waals surface area contributed by atoms with E-state index >= 15 is 0 Å². The second kappa shape index (κ2) is 3.32. The fraction of sp³-hybridized carbons (Fsp3) is 1.00. The van der Waals surface area contributed by atoms with Crippen molar-refractivity contribution in [3.8, 4) is 0 Å². The zero-order valence-corrected chi connectivity index (χ0v) is 6.92. The summed E-state index contributed by atoms with van der Waals surface area (Å²) < 4.78 is 5.28. The van der Waals surface area contributed by atoms with Gasteiger partial charge in [0.25, 0.3) is 0 Å². The minimum atomic E-state index is 0.370. The van der Waals surface area contributed by atoms with E-state index in [1.165, 1.54) is 0 Å². The Labute approximate surface area is 62.3 Å². The van der Waals surface area contributed by atoms with Gasteiger partial charge in [-0.05, 0) is 14.1 Å². The Balaban J connectivity index is 2.41. The van der Waals surface area contributed by atoms with E-state index in [0.717, 1.165) is 13.1 Å². The molecule has 3 nitrogen and oxygen atoms in total. The number of ether oxygens (including phenoxy) is 1. The molecule has 0 spiro atoms. The first-order valence-electron chi connectivity index (χ1n) is 3.66. The van der Waals surface area contributed by atoms with Gasteiger partial charge in [-0.25, -0.2) is 0 Å². The third-order valence-corrected chi connectivity index (χ3v) is 2.12. The zero-order chi connectivity index (χ0) is 7.56. The average Bonchev–Trinajstić information content (AvgIpc) is 2.30. The molecule has 0 aliphatic carbocycles. The molecular formula is C7H16N2O. The number of likely N-dealkylation sites (N-methyl/N-ethyl adjacent to an activating group) is 2. The SMILES string of the molecule is CN[C@@H]1CN(C)C[C@@H]1OC. The first kappa shape index (κ1) is 7.98. The standard InChI is InChI=1S/C7H16N2O/c1-8-6-4-9(2)5-7(6)10-3/h6-8H,4-5H2,1-3H3/t6-,7+/m1/s1. The predicted molar refractivity (Wildman–Crippen MR) is 41.1 cm³/mol. The van der Waals surface area contributed by atoms with Crippen molar-refractivity contribution in [2.24, 2.45) is 0 Å². The van der Waals surface area contributed by atoms with E-state index in [2.05, 4.69) is 17.3 Å². The number of nitrogens with zero attached hydrogens (tertiary/aromatic N) is 1. The van der Waals surface area contributed by atoms with Crippen LogP contribution >= 0.6 is 0 Å². The zero-order valence-electron chi connectivity index (χ0n) is 6.92. The maximum absolute atomic E-state index is 5.28. The highest BCUT2D eigenvalue weighted by Gasteiger charge is 2.28. The van der Waals surface area contributed by atoms with Crippen LogP contribution in [0.2, 0.25) is 0 Å². The first-order valence-corrected chi connectivity index (χ1v) is 3.66. The maximum Gasteiger partial charge on any atom is 0.0863 e. The molecule has 1 aliphatic rings. The van der Waals surface area contributed by atoms with E-state index in [0.29, 0.717) is 12.1 Å². The summed E-state index contributed by atoms with van der Waals surface area (Å²) in [7, 11) is 5.87. The molecule has 0 amide bonds. The minimum Gasteiger partial charge on any atom is -0.378 e. The van der Waals surface area contributed by atoms with Gasteiger partial charge in [0.2, 0.25) is 0 Å². The fourth-order valence-corrected chi connectivity index (χ4v) is 1.48. The van der Waals surface area contributed by atoms with Crippen LogP contribution in [0.25, 0.3) is 0 Å². The molecule has 1 fully saturated rings. The van der Waals surface area contributed by atoms with Crippen molar-refractivity contribution in [3.05, 3.63) is 0 Å². The highest BCUT2D eigenvalue weighted by Crippen LogP contribution is 2.09. The number of hydrogen-bond donors (Lipinski definition) is 1. The van der Waals surface area contributed by atoms with Gasteiger partial charge in [0, 0.05) is 26.2 Å². The van der Waals surface area contributed by atoms with Crippen LogP contribution in [0.5, 0.6) is 0 Å². The van der Waals surface area contributed by atoms with Crippen LogP contribution in [-0.2, 0) is 4.74 Å². The van der Waals surface area contributed by atoms with E-state index in [1.807, 2.05) is 7.05 Å². The van der Waals surface area contributed by atoms with E-state index in [1.54, 1.807) is 7.11 Å². The first-order chi connectivity index (χ1) is 4.77. The third-order valence-electron chi connectivity index (χ3n) is 2.12. The summed E-state index contributed by atoms with van der Waals surface area (Å²) in [5.41, 5.74) is 0. The molecule has 0 unspecified atom stereocenters. The summed E-state index contributed by atoms with van der Waals surface area (Å²) in [4.78, 5) is 2.27. The van der Waals surface area contributed by atoms with Crippen molar-refractivity contribution in [1.82, 2.24) is 10.2 Å². The molecule has 1 aliphatic heterocycles. The molecule has 0 saturated carbocycles. The van der Waals surface area contributed by atoms with Gasteiger partial charge in [0.15, 0.2) is 0 Å². The van der Waals surface area contributed by atoms with Gasteiger partial charge < -0.3 is 15.0 Å². The summed E-state index contributed by atoms with van der Waals surface area (Å²) >= 11 is 0. The van der Waals surface area contributed by atoms with Gasteiger partial charge in [0.05, 0.1) is 6.10 Å². The van der Waals surface area contributed by atoms with Gasteiger partial charge in [0.1, 0.15) is 0 Å². The molecule has 1 rings (SSSR count). The van der Waals surface area contributed by atoms with Crippen molar-refractivity contribution in [2.75, 3.05) is 34.3 Å². The topological polar surface area (TPSA) is 24.5 Å². The molecule has 0 aromatic carbocycles. The minimum absolute atomic E-state index is 0.370. The van der Waals surface area contributed by atoms with Crippen LogP contribution in [0.15, 0.2) is 0 Å². The lowest BCUT2D eigenvalue weighted by molar-refractivity contribution is 0.0935. The molecular weight excluding hydrogens is 128 g/mol. The Hall–Kier alpha value is -0.120. The molecule has 1 N–H and O–H groups in total. The Morgan fingerprint density at radius 3 is 2.60 bits per heavy atom. The van der Waals surface area contributed by atoms with Crippen LogP contribution in [0, 0.1) is 0 Å². The molecule has 1 heterocycles. The van der Waals surface area contributed by atoms with Crippen molar-refractivity contribution in [1.29, 1.82) is 0 Å². The second-order valence-electron chi connectivity index (χ2n) is 2.89. The maximum atomic E-state index is 5.28. The Kier molecular flexibility index (Phi) is 2.65.